The van der Waals surface area contributed by atoms with Crippen LogP contribution in [0.2, 0.25) is 0 Å². The number of rotatable bonds is 4. The zero-order chi connectivity index (χ0) is 11.3. The van der Waals surface area contributed by atoms with Gasteiger partial charge in [-0.1, -0.05) is 12.1 Å². The van der Waals surface area contributed by atoms with E-state index in [0.717, 1.165) is 0 Å². The van der Waals surface area contributed by atoms with Crippen LogP contribution in [0.15, 0.2) is 24.3 Å². The fourth-order valence-electron chi connectivity index (χ4n) is 1.13. The minimum atomic E-state index is -0.424. The van der Waals surface area contributed by atoms with Crippen molar-refractivity contribution in [3.63, 3.8) is 0 Å². The Kier molecular flexibility index (Phi) is 4.24. The zero-order valence-electron chi connectivity index (χ0n) is 8.66. The van der Waals surface area contributed by atoms with E-state index in [4.69, 9.17) is 5.73 Å². The lowest BCUT2D eigenvalue weighted by Gasteiger charge is -2.07. The topological polar surface area (TPSA) is 55.1 Å². The lowest BCUT2D eigenvalue weighted by molar-refractivity contribution is -0.116. The predicted molar refractivity (Wildman–Crippen MR) is 57.9 cm³/mol. The van der Waals surface area contributed by atoms with E-state index in [-0.39, 0.29) is 17.6 Å². The molecule has 0 aromatic heterocycles. The number of amides is 1. The van der Waals surface area contributed by atoms with Crippen molar-refractivity contribution in [1.82, 2.24) is 0 Å². The van der Waals surface area contributed by atoms with Gasteiger partial charge in [-0.25, -0.2) is 4.39 Å². The van der Waals surface area contributed by atoms with Crippen molar-refractivity contribution >= 4 is 11.6 Å². The quantitative estimate of drug-likeness (QED) is 0.797. The summed E-state index contributed by atoms with van der Waals surface area (Å²) in [5.41, 5.74) is 5.72. The Hall–Kier alpha value is -1.42. The Labute approximate surface area is 88.5 Å². The smallest absolute Gasteiger partial charge is 0.224 e. The van der Waals surface area contributed by atoms with E-state index in [2.05, 4.69) is 5.32 Å². The number of carbonyl (C=O) groups is 1. The van der Waals surface area contributed by atoms with E-state index in [1.54, 1.807) is 12.1 Å². The van der Waals surface area contributed by atoms with Crippen LogP contribution in [0.4, 0.5) is 10.1 Å². The van der Waals surface area contributed by atoms with Crippen LogP contribution in [0.3, 0.4) is 0 Å². The molecule has 82 valence electrons. The van der Waals surface area contributed by atoms with Gasteiger partial charge in [-0.2, -0.15) is 0 Å². The molecule has 4 heteroatoms. The Morgan fingerprint density at radius 1 is 1.53 bits per heavy atom. The molecule has 0 saturated carbocycles. The minimum Gasteiger partial charge on any atom is -0.328 e. The molecule has 3 nitrogen and oxygen atoms in total. The number of benzene rings is 1. The predicted octanol–water partition coefficient (Wildman–Crippen LogP) is 1.89. The van der Waals surface area contributed by atoms with Gasteiger partial charge in [-0.3, -0.25) is 4.79 Å². The van der Waals surface area contributed by atoms with Gasteiger partial charge in [-0.15, -0.1) is 0 Å². The highest BCUT2D eigenvalue weighted by Gasteiger charge is 2.06. The van der Waals surface area contributed by atoms with Gasteiger partial charge in [0.25, 0.3) is 0 Å². The van der Waals surface area contributed by atoms with Crippen LogP contribution in [-0.4, -0.2) is 11.9 Å². The number of halogens is 1. The molecule has 0 aliphatic carbocycles. The minimum absolute atomic E-state index is 0.0172. The number of carbonyl (C=O) groups excluding carboxylic acids is 1. The number of nitrogens with two attached hydrogens (primary N) is 1. The van der Waals surface area contributed by atoms with E-state index < -0.39 is 5.82 Å². The molecule has 0 heterocycles. The maximum Gasteiger partial charge on any atom is 0.224 e. The lowest BCUT2D eigenvalue weighted by Crippen LogP contribution is -2.19. The summed E-state index contributed by atoms with van der Waals surface area (Å²) in [7, 11) is 0. The molecule has 0 radical (unpaired) electrons. The molecule has 0 bridgehead atoms. The van der Waals surface area contributed by atoms with Crippen molar-refractivity contribution in [1.29, 1.82) is 0 Å². The van der Waals surface area contributed by atoms with Crippen LogP contribution < -0.4 is 11.1 Å². The molecule has 1 rings (SSSR count). The summed E-state index contributed by atoms with van der Waals surface area (Å²) in [6.07, 6.45) is 0.909. The second-order valence-electron chi connectivity index (χ2n) is 3.54. The Bertz CT molecular complexity index is 339. The fourth-order valence-corrected chi connectivity index (χ4v) is 1.13. The molecule has 1 aromatic rings. The van der Waals surface area contributed by atoms with Gasteiger partial charge >= 0.3 is 0 Å². The number of para-hydroxylation sites is 1. The third-order valence-corrected chi connectivity index (χ3v) is 1.97. The molecule has 0 spiro atoms. The number of nitrogens with one attached hydrogen (secondary N) is 1. The van der Waals surface area contributed by atoms with Crippen molar-refractivity contribution in [2.24, 2.45) is 5.73 Å². The average molecular weight is 210 g/mol. The van der Waals surface area contributed by atoms with E-state index in [0.29, 0.717) is 12.8 Å². The molecule has 0 saturated heterocycles. The molecular weight excluding hydrogens is 195 g/mol. The van der Waals surface area contributed by atoms with Crippen LogP contribution in [0.5, 0.6) is 0 Å². The van der Waals surface area contributed by atoms with Gasteiger partial charge in [0.2, 0.25) is 5.91 Å². The van der Waals surface area contributed by atoms with E-state index in [1.165, 1.54) is 12.1 Å². The van der Waals surface area contributed by atoms with Gasteiger partial charge < -0.3 is 11.1 Å². The molecule has 1 amide bonds. The summed E-state index contributed by atoms with van der Waals surface area (Å²) < 4.78 is 13.1. The highest BCUT2D eigenvalue weighted by molar-refractivity contribution is 5.90. The molecule has 0 aliphatic heterocycles. The molecule has 15 heavy (non-hydrogen) atoms. The second kappa shape index (κ2) is 5.46. The van der Waals surface area contributed by atoms with Crippen LogP contribution in [-0.2, 0) is 4.79 Å². The Morgan fingerprint density at radius 2 is 2.20 bits per heavy atom. The molecule has 0 fully saturated rings. The first-order valence-electron chi connectivity index (χ1n) is 4.89. The first-order valence-corrected chi connectivity index (χ1v) is 4.89. The van der Waals surface area contributed by atoms with E-state index in [1.807, 2.05) is 6.92 Å². The van der Waals surface area contributed by atoms with E-state index in [9.17, 15) is 9.18 Å². The van der Waals surface area contributed by atoms with Gasteiger partial charge in [0.15, 0.2) is 0 Å². The summed E-state index contributed by atoms with van der Waals surface area (Å²) in [5, 5.41) is 2.50. The maximum absolute atomic E-state index is 13.1. The Balaban J connectivity index is 2.48. The number of anilines is 1. The highest BCUT2D eigenvalue weighted by atomic mass is 19.1. The van der Waals surface area contributed by atoms with Crippen LogP contribution in [0.1, 0.15) is 19.8 Å². The van der Waals surface area contributed by atoms with Gasteiger partial charge in [-0.05, 0) is 25.5 Å². The number of hydrogen-bond donors (Lipinski definition) is 2. The summed E-state index contributed by atoms with van der Waals surface area (Å²) in [6.45, 7) is 1.83. The summed E-state index contributed by atoms with van der Waals surface area (Å²) in [5.74, 6) is -0.635. The van der Waals surface area contributed by atoms with Crippen LogP contribution in [0.25, 0.3) is 0 Å². The average Bonchev–Trinajstić information content (AvgIpc) is 2.18. The third-order valence-electron chi connectivity index (χ3n) is 1.97. The molecule has 0 aliphatic rings. The van der Waals surface area contributed by atoms with Crippen LogP contribution >= 0.6 is 0 Å². The van der Waals surface area contributed by atoms with Gasteiger partial charge in [0, 0.05) is 12.5 Å². The van der Waals surface area contributed by atoms with Crippen molar-refractivity contribution in [2.75, 3.05) is 5.32 Å². The molecule has 1 aromatic carbocycles. The summed E-state index contributed by atoms with van der Waals surface area (Å²) >= 11 is 0. The van der Waals surface area contributed by atoms with Gasteiger partial charge in [0.05, 0.1) is 5.69 Å². The molecule has 1 atom stereocenters. The maximum atomic E-state index is 13.1. The normalized spacial score (nSPS) is 12.2. The molecule has 3 N–H and O–H groups in total. The second-order valence-corrected chi connectivity index (χ2v) is 3.54. The summed E-state index contributed by atoms with van der Waals surface area (Å²) in [6, 6.07) is 6.06. The van der Waals surface area contributed by atoms with Gasteiger partial charge in [0.1, 0.15) is 5.82 Å². The Morgan fingerprint density at radius 3 is 2.80 bits per heavy atom. The molecule has 1 unspecified atom stereocenters. The van der Waals surface area contributed by atoms with Crippen molar-refractivity contribution in [3.8, 4) is 0 Å². The lowest BCUT2D eigenvalue weighted by atomic mass is 10.2. The first-order chi connectivity index (χ1) is 7.09. The van der Waals surface area contributed by atoms with Crippen molar-refractivity contribution < 1.29 is 9.18 Å². The van der Waals surface area contributed by atoms with Crippen molar-refractivity contribution in [3.05, 3.63) is 30.1 Å². The SMILES string of the molecule is CC(N)CCC(=O)Nc1ccccc1F. The first kappa shape index (κ1) is 11.7. The largest absolute Gasteiger partial charge is 0.328 e. The third kappa shape index (κ3) is 4.08. The summed E-state index contributed by atoms with van der Waals surface area (Å²) in [4.78, 5) is 11.3. The monoisotopic (exact) mass is 210 g/mol. The van der Waals surface area contributed by atoms with Crippen LogP contribution in [0, 0.1) is 5.82 Å². The van der Waals surface area contributed by atoms with Crippen molar-refractivity contribution in [2.45, 2.75) is 25.8 Å². The molecular formula is C11H15FN2O. The standard InChI is InChI=1S/C11H15FN2O/c1-8(13)6-7-11(15)14-10-5-3-2-4-9(10)12/h2-5,8H,6-7,13H2,1H3,(H,14,15). The highest BCUT2D eigenvalue weighted by Crippen LogP contribution is 2.12. The van der Waals surface area contributed by atoms with E-state index >= 15 is 0 Å². The fraction of sp³-hybridized carbons (Fsp3) is 0.364. The number of hydrogen-bond acceptors (Lipinski definition) is 2. The zero-order valence-corrected chi connectivity index (χ0v) is 8.66.